The zero-order chi connectivity index (χ0) is 19.0. The van der Waals surface area contributed by atoms with Gasteiger partial charge in [-0.25, -0.2) is 9.07 Å². The zero-order valence-electron chi connectivity index (χ0n) is 15.1. The predicted molar refractivity (Wildman–Crippen MR) is 97.8 cm³/mol. The van der Waals surface area contributed by atoms with E-state index in [9.17, 15) is 9.18 Å². The first-order valence-electron chi connectivity index (χ1n) is 8.69. The zero-order valence-corrected chi connectivity index (χ0v) is 15.1. The van der Waals surface area contributed by atoms with Gasteiger partial charge in [-0.3, -0.25) is 4.79 Å². The van der Waals surface area contributed by atoms with E-state index in [4.69, 9.17) is 4.74 Å². The smallest absolute Gasteiger partial charge is 0.278 e. The molecule has 0 saturated heterocycles. The highest BCUT2D eigenvalue weighted by atomic mass is 19.1. The number of fused-ring (bicyclic) bond motifs is 1. The summed E-state index contributed by atoms with van der Waals surface area (Å²) in [6.45, 7) is 4.54. The molecule has 1 aromatic heterocycles. The normalized spacial score (nSPS) is 16.0. The van der Waals surface area contributed by atoms with Crippen LogP contribution in [0.25, 0.3) is 0 Å². The van der Waals surface area contributed by atoms with Crippen LogP contribution < -0.4 is 5.32 Å². The fourth-order valence-electron chi connectivity index (χ4n) is 3.12. The molecule has 6 nitrogen and oxygen atoms in total. The van der Waals surface area contributed by atoms with Gasteiger partial charge in [0.1, 0.15) is 11.9 Å². The van der Waals surface area contributed by atoms with Crippen molar-refractivity contribution in [1.29, 1.82) is 0 Å². The Morgan fingerprint density at radius 2 is 2.00 bits per heavy atom. The van der Waals surface area contributed by atoms with Gasteiger partial charge >= 0.3 is 0 Å². The van der Waals surface area contributed by atoms with Gasteiger partial charge in [0, 0.05) is 5.69 Å². The van der Waals surface area contributed by atoms with Crippen LogP contribution in [-0.2, 0) is 17.9 Å². The molecule has 0 fully saturated rings. The SMILES string of the molecule is Cc1ccc(C)c(NC(=O)c2nnn3c2CO[C@H](c2ccc(F)cc2)C3)c1. The van der Waals surface area contributed by atoms with Crippen molar-refractivity contribution in [3.8, 4) is 0 Å². The Hall–Kier alpha value is -3.06. The third kappa shape index (κ3) is 3.46. The number of carbonyl (C=O) groups is 1. The van der Waals surface area contributed by atoms with E-state index in [1.807, 2.05) is 32.0 Å². The molecule has 0 saturated carbocycles. The number of nitrogens with zero attached hydrogens (tertiary/aromatic N) is 3. The van der Waals surface area contributed by atoms with E-state index in [1.165, 1.54) is 12.1 Å². The molecule has 4 rings (SSSR count). The van der Waals surface area contributed by atoms with Crippen LogP contribution >= 0.6 is 0 Å². The number of halogens is 1. The lowest BCUT2D eigenvalue weighted by Crippen LogP contribution is -2.24. The molecule has 138 valence electrons. The van der Waals surface area contributed by atoms with Gasteiger partial charge in [0.15, 0.2) is 5.69 Å². The monoisotopic (exact) mass is 366 g/mol. The van der Waals surface area contributed by atoms with Crippen LogP contribution in [0.5, 0.6) is 0 Å². The number of rotatable bonds is 3. The Kier molecular flexibility index (Phi) is 4.45. The Bertz CT molecular complexity index is 998. The molecule has 1 aliphatic heterocycles. The van der Waals surface area contributed by atoms with Gasteiger partial charge in [-0.2, -0.15) is 0 Å². The third-order valence-corrected chi connectivity index (χ3v) is 4.70. The van der Waals surface area contributed by atoms with E-state index in [-0.39, 0.29) is 30.1 Å². The summed E-state index contributed by atoms with van der Waals surface area (Å²) in [6, 6.07) is 12.1. The molecular weight excluding hydrogens is 347 g/mol. The second-order valence-electron chi connectivity index (χ2n) is 6.69. The average Bonchev–Trinajstić information content (AvgIpc) is 3.08. The molecule has 0 bridgehead atoms. The molecule has 7 heteroatoms. The van der Waals surface area contributed by atoms with Crippen LogP contribution in [0.1, 0.15) is 39.0 Å². The van der Waals surface area contributed by atoms with Gasteiger partial charge in [0.2, 0.25) is 0 Å². The maximum absolute atomic E-state index is 13.1. The van der Waals surface area contributed by atoms with Crippen LogP contribution in [0, 0.1) is 19.7 Å². The number of ether oxygens (including phenoxy) is 1. The third-order valence-electron chi connectivity index (χ3n) is 4.70. The largest absolute Gasteiger partial charge is 0.365 e. The van der Waals surface area contributed by atoms with Crippen LogP contribution in [0.15, 0.2) is 42.5 Å². The summed E-state index contributed by atoms with van der Waals surface area (Å²) in [5.41, 5.74) is 4.54. The molecule has 1 atom stereocenters. The highest BCUT2D eigenvalue weighted by Gasteiger charge is 2.28. The van der Waals surface area contributed by atoms with Crippen molar-refractivity contribution in [3.63, 3.8) is 0 Å². The van der Waals surface area contributed by atoms with Crippen molar-refractivity contribution in [2.75, 3.05) is 5.32 Å². The minimum Gasteiger partial charge on any atom is -0.365 e. The number of anilines is 1. The highest BCUT2D eigenvalue weighted by molar-refractivity contribution is 6.04. The lowest BCUT2D eigenvalue weighted by atomic mass is 10.1. The Labute approximate surface area is 156 Å². The lowest BCUT2D eigenvalue weighted by Gasteiger charge is -2.24. The molecule has 2 heterocycles. The number of nitrogens with one attached hydrogen (secondary N) is 1. The fourth-order valence-corrected chi connectivity index (χ4v) is 3.12. The van der Waals surface area contributed by atoms with Crippen molar-refractivity contribution in [1.82, 2.24) is 15.0 Å². The van der Waals surface area contributed by atoms with Crippen molar-refractivity contribution >= 4 is 11.6 Å². The van der Waals surface area contributed by atoms with Crippen molar-refractivity contribution in [3.05, 3.63) is 76.4 Å². The summed E-state index contributed by atoms with van der Waals surface area (Å²) < 4.78 is 20.6. The maximum atomic E-state index is 13.1. The number of aromatic nitrogens is 3. The van der Waals surface area contributed by atoms with Gasteiger partial charge in [-0.05, 0) is 48.7 Å². The Morgan fingerprint density at radius 3 is 2.78 bits per heavy atom. The molecular formula is C20H19FN4O2. The number of benzene rings is 2. The lowest BCUT2D eigenvalue weighted by molar-refractivity contribution is -0.00174. The Balaban J connectivity index is 1.53. The summed E-state index contributed by atoms with van der Waals surface area (Å²) in [5.74, 6) is -0.602. The van der Waals surface area contributed by atoms with E-state index < -0.39 is 0 Å². The quantitative estimate of drug-likeness (QED) is 0.770. The molecule has 0 radical (unpaired) electrons. The van der Waals surface area contributed by atoms with Crippen LogP contribution in [-0.4, -0.2) is 20.9 Å². The number of carbonyl (C=O) groups excluding carboxylic acids is 1. The summed E-state index contributed by atoms with van der Waals surface area (Å²) in [4.78, 5) is 12.7. The molecule has 3 aromatic rings. The molecule has 2 aromatic carbocycles. The van der Waals surface area contributed by atoms with Gasteiger partial charge in [-0.15, -0.1) is 5.10 Å². The fraction of sp³-hybridized carbons (Fsp3) is 0.250. The second-order valence-corrected chi connectivity index (χ2v) is 6.69. The summed E-state index contributed by atoms with van der Waals surface area (Å²) >= 11 is 0. The number of amides is 1. The van der Waals surface area contributed by atoms with Gasteiger partial charge in [-0.1, -0.05) is 29.5 Å². The minimum absolute atomic E-state index is 0.213. The number of aryl methyl sites for hydroxylation is 2. The van der Waals surface area contributed by atoms with Gasteiger partial charge < -0.3 is 10.1 Å². The van der Waals surface area contributed by atoms with Gasteiger partial charge in [0.05, 0.1) is 18.8 Å². The topological polar surface area (TPSA) is 69.0 Å². The molecule has 0 unspecified atom stereocenters. The minimum atomic E-state index is -0.311. The number of hydrogen-bond donors (Lipinski definition) is 1. The molecule has 1 aliphatic rings. The molecule has 0 aliphatic carbocycles. The predicted octanol–water partition coefficient (Wildman–Crippen LogP) is 3.56. The first kappa shape index (κ1) is 17.4. The number of hydrogen-bond acceptors (Lipinski definition) is 4. The standard InChI is InChI=1S/C20H19FN4O2/c1-12-3-4-13(2)16(9-12)22-20(26)19-17-11-27-18(10-25(17)24-23-19)14-5-7-15(21)8-6-14/h3-9,18H,10-11H2,1-2H3,(H,22,26)/t18-/m0/s1. The summed E-state index contributed by atoms with van der Waals surface area (Å²) in [7, 11) is 0. The molecule has 1 amide bonds. The molecule has 27 heavy (non-hydrogen) atoms. The van der Waals surface area contributed by atoms with E-state index in [0.29, 0.717) is 12.2 Å². The highest BCUT2D eigenvalue weighted by Crippen LogP contribution is 2.27. The molecule has 0 spiro atoms. The van der Waals surface area contributed by atoms with Crippen molar-refractivity contribution in [2.45, 2.75) is 33.1 Å². The van der Waals surface area contributed by atoms with E-state index in [1.54, 1.807) is 16.8 Å². The Morgan fingerprint density at radius 1 is 1.22 bits per heavy atom. The molecule has 1 N–H and O–H groups in total. The first-order valence-corrected chi connectivity index (χ1v) is 8.69. The van der Waals surface area contributed by atoms with E-state index in [2.05, 4.69) is 15.6 Å². The van der Waals surface area contributed by atoms with Gasteiger partial charge in [0.25, 0.3) is 5.91 Å². The summed E-state index contributed by atoms with van der Waals surface area (Å²) in [6.07, 6.45) is -0.255. The maximum Gasteiger partial charge on any atom is 0.278 e. The van der Waals surface area contributed by atoms with Crippen LogP contribution in [0.3, 0.4) is 0 Å². The van der Waals surface area contributed by atoms with E-state index in [0.717, 1.165) is 22.4 Å². The average molecular weight is 366 g/mol. The first-order chi connectivity index (χ1) is 13.0. The van der Waals surface area contributed by atoms with Crippen LogP contribution in [0.2, 0.25) is 0 Å². The second kappa shape index (κ2) is 6.92. The van der Waals surface area contributed by atoms with Crippen molar-refractivity contribution < 1.29 is 13.9 Å². The van der Waals surface area contributed by atoms with Crippen molar-refractivity contribution in [2.24, 2.45) is 0 Å². The van der Waals surface area contributed by atoms with Crippen LogP contribution in [0.4, 0.5) is 10.1 Å². The van der Waals surface area contributed by atoms with E-state index >= 15 is 0 Å². The summed E-state index contributed by atoms with van der Waals surface area (Å²) in [5, 5.41) is 11.1.